The molecule has 0 bridgehead atoms. The van der Waals surface area contributed by atoms with Crippen LogP contribution in [0.5, 0.6) is 0 Å². The van der Waals surface area contributed by atoms with Crippen molar-refractivity contribution >= 4 is 5.52 Å². The molecule has 0 aliphatic carbocycles. The number of fused-ring (bicyclic) bond motifs is 1. The van der Waals surface area contributed by atoms with E-state index in [0.717, 1.165) is 19.6 Å². The van der Waals surface area contributed by atoms with Crippen LogP contribution < -0.4 is 5.32 Å². The third-order valence-electron chi connectivity index (χ3n) is 3.77. The molecule has 0 spiro atoms. The predicted octanol–water partition coefficient (Wildman–Crippen LogP) is 2.02. The van der Waals surface area contributed by atoms with Gasteiger partial charge in [-0.25, -0.2) is 4.52 Å². The van der Waals surface area contributed by atoms with E-state index in [9.17, 15) is 0 Å². The van der Waals surface area contributed by atoms with Crippen LogP contribution in [0, 0.1) is 5.92 Å². The fraction of sp³-hybridized carbons (Fsp3) is 0.500. The maximum absolute atomic E-state index is 5.61. The summed E-state index contributed by atoms with van der Waals surface area (Å²) in [6.07, 6.45) is 6.34. The van der Waals surface area contributed by atoms with Crippen molar-refractivity contribution in [1.29, 1.82) is 0 Å². The molecule has 2 aromatic rings. The number of rotatable bonds is 3. The number of nitrogens with one attached hydrogen (secondary N) is 1. The van der Waals surface area contributed by atoms with Crippen LogP contribution in [-0.2, 0) is 4.74 Å². The van der Waals surface area contributed by atoms with Crippen LogP contribution in [0.4, 0.5) is 0 Å². The molecule has 2 aromatic heterocycles. The first-order valence-electron chi connectivity index (χ1n) is 6.57. The van der Waals surface area contributed by atoms with E-state index < -0.39 is 0 Å². The summed E-state index contributed by atoms with van der Waals surface area (Å²) in [7, 11) is 2.02. The Labute approximate surface area is 107 Å². The van der Waals surface area contributed by atoms with Gasteiger partial charge in [-0.15, -0.1) is 0 Å². The first-order valence-corrected chi connectivity index (χ1v) is 6.57. The molecule has 1 aliphatic rings. The van der Waals surface area contributed by atoms with Crippen molar-refractivity contribution in [2.75, 3.05) is 20.3 Å². The smallest absolute Gasteiger partial charge is 0.0709 e. The van der Waals surface area contributed by atoms with Gasteiger partial charge >= 0.3 is 0 Å². The van der Waals surface area contributed by atoms with Crippen LogP contribution in [-0.4, -0.2) is 29.9 Å². The average Bonchev–Trinajstić information content (AvgIpc) is 2.85. The molecule has 1 fully saturated rings. The Kier molecular flexibility index (Phi) is 3.30. The van der Waals surface area contributed by atoms with Crippen LogP contribution in [0.25, 0.3) is 5.52 Å². The minimum Gasteiger partial charge on any atom is -0.381 e. The number of aromatic nitrogens is 2. The Morgan fingerprint density at radius 3 is 3.22 bits per heavy atom. The SMILES string of the molecule is CNC(c1cnn2ccccc12)C1CCCOC1. The summed E-state index contributed by atoms with van der Waals surface area (Å²) < 4.78 is 7.54. The molecule has 1 N–H and O–H groups in total. The molecule has 0 saturated carbocycles. The van der Waals surface area contributed by atoms with Crippen molar-refractivity contribution in [1.82, 2.24) is 14.9 Å². The Hall–Kier alpha value is -1.39. The Bertz CT molecular complexity index is 516. The topological polar surface area (TPSA) is 38.6 Å². The Balaban J connectivity index is 1.95. The van der Waals surface area contributed by atoms with Crippen molar-refractivity contribution in [2.24, 2.45) is 5.92 Å². The van der Waals surface area contributed by atoms with Gasteiger partial charge in [0.2, 0.25) is 0 Å². The molecule has 3 rings (SSSR count). The number of pyridine rings is 1. The standard InChI is InChI=1S/C14H19N3O/c1-15-14(11-5-4-8-18-10-11)12-9-16-17-7-3-2-6-13(12)17/h2-3,6-7,9,11,14-15H,4-5,8,10H2,1H3. The summed E-state index contributed by atoms with van der Waals surface area (Å²) in [4.78, 5) is 0. The van der Waals surface area contributed by atoms with Crippen molar-refractivity contribution in [3.8, 4) is 0 Å². The second-order valence-electron chi connectivity index (χ2n) is 4.87. The molecular formula is C14H19N3O. The van der Waals surface area contributed by atoms with Crippen LogP contribution >= 0.6 is 0 Å². The van der Waals surface area contributed by atoms with E-state index in [2.05, 4.69) is 22.5 Å². The fourth-order valence-electron chi connectivity index (χ4n) is 2.87. The third kappa shape index (κ3) is 2.02. The lowest BCUT2D eigenvalue weighted by atomic mass is 9.89. The molecule has 0 amide bonds. The number of ether oxygens (including phenoxy) is 1. The molecule has 1 saturated heterocycles. The second-order valence-corrected chi connectivity index (χ2v) is 4.87. The highest BCUT2D eigenvalue weighted by Crippen LogP contribution is 2.30. The summed E-state index contributed by atoms with van der Waals surface area (Å²) in [5.74, 6) is 0.539. The highest BCUT2D eigenvalue weighted by molar-refractivity contribution is 5.55. The van der Waals surface area contributed by atoms with Gasteiger partial charge in [0.1, 0.15) is 0 Å². The molecule has 96 valence electrons. The molecule has 0 aromatic carbocycles. The van der Waals surface area contributed by atoms with E-state index in [0.29, 0.717) is 12.0 Å². The van der Waals surface area contributed by atoms with Gasteiger partial charge in [0.15, 0.2) is 0 Å². The third-order valence-corrected chi connectivity index (χ3v) is 3.77. The van der Waals surface area contributed by atoms with E-state index >= 15 is 0 Å². The lowest BCUT2D eigenvalue weighted by Crippen LogP contribution is -2.31. The quantitative estimate of drug-likeness (QED) is 0.899. The molecule has 2 unspecified atom stereocenters. The Morgan fingerprint density at radius 1 is 1.50 bits per heavy atom. The monoisotopic (exact) mass is 245 g/mol. The fourth-order valence-corrected chi connectivity index (χ4v) is 2.87. The molecule has 4 heteroatoms. The van der Waals surface area contributed by atoms with E-state index in [1.165, 1.54) is 17.5 Å². The Morgan fingerprint density at radius 2 is 2.44 bits per heavy atom. The lowest BCUT2D eigenvalue weighted by molar-refractivity contribution is 0.0404. The summed E-state index contributed by atoms with van der Waals surface area (Å²) in [5.41, 5.74) is 2.45. The van der Waals surface area contributed by atoms with Gasteiger partial charge < -0.3 is 10.1 Å². The van der Waals surface area contributed by atoms with Crippen molar-refractivity contribution in [2.45, 2.75) is 18.9 Å². The van der Waals surface area contributed by atoms with Gasteiger partial charge in [-0.1, -0.05) is 6.07 Å². The van der Waals surface area contributed by atoms with E-state index in [1.807, 2.05) is 30.0 Å². The number of nitrogens with zero attached hydrogens (tertiary/aromatic N) is 2. The first-order chi connectivity index (χ1) is 8.90. The predicted molar refractivity (Wildman–Crippen MR) is 70.5 cm³/mol. The average molecular weight is 245 g/mol. The van der Waals surface area contributed by atoms with E-state index in [1.54, 1.807) is 0 Å². The van der Waals surface area contributed by atoms with Crippen LogP contribution in [0.1, 0.15) is 24.4 Å². The molecule has 4 nitrogen and oxygen atoms in total. The summed E-state index contributed by atoms with van der Waals surface area (Å²) in [5, 5.41) is 7.85. The number of hydrogen-bond acceptors (Lipinski definition) is 3. The molecular weight excluding hydrogens is 226 g/mol. The van der Waals surface area contributed by atoms with Crippen LogP contribution in [0.3, 0.4) is 0 Å². The molecule has 2 atom stereocenters. The number of hydrogen-bond donors (Lipinski definition) is 1. The zero-order valence-electron chi connectivity index (χ0n) is 10.7. The van der Waals surface area contributed by atoms with Crippen LogP contribution in [0.15, 0.2) is 30.6 Å². The van der Waals surface area contributed by atoms with Gasteiger partial charge in [0, 0.05) is 30.3 Å². The highest BCUT2D eigenvalue weighted by atomic mass is 16.5. The van der Waals surface area contributed by atoms with E-state index in [-0.39, 0.29) is 0 Å². The summed E-state index contributed by atoms with van der Waals surface area (Å²) in [6, 6.07) is 6.51. The van der Waals surface area contributed by atoms with Gasteiger partial charge in [-0.05, 0) is 32.0 Å². The van der Waals surface area contributed by atoms with E-state index in [4.69, 9.17) is 4.74 Å². The molecule has 3 heterocycles. The van der Waals surface area contributed by atoms with Gasteiger partial charge in [-0.2, -0.15) is 5.10 Å². The van der Waals surface area contributed by atoms with Gasteiger partial charge in [0.25, 0.3) is 0 Å². The largest absolute Gasteiger partial charge is 0.381 e. The summed E-state index contributed by atoms with van der Waals surface area (Å²) in [6.45, 7) is 1.75. The lowest BCUT2D eigenvalue weighted by Gasteiger charge is -2.29. The maximum Gasteiger partial charge on any atom is 0.0709 e. The van der Waals surface area contributed by atoms with Crippen molar-refractivity contribution in [3.05, 3.63) is 36.2 Å². The van der Waals surface area contributed by atoms with Gasteiger partial charge in [0.05, 0.1) is 18.3 Å². The minimum atomic E-state index is 0.324. The zero-order chi connectivity index (χ0) is 12.4. The molecule has 0 radical (unpaired) electrons. The maximum atomic E-state index is 5.61. The second kappa shape index (κ2) is 5.08. The molecule has 18 heavy (non-hydrogen) atoms. The summed E-state index contributed by atoms with van der Waals surface area (Å²) >= 11 is 0. The first kappa shape index (κ1) is 11.7. The minimum absolute atomic E-state index is 0.324. The van der Waals surface area contributed by atoms with Crippen molar-refractivity contribution in [3.63, 3.8) is 0 Å². The molecule has 1 aliphatic heterocycles. The van der Waals surface area contributed by atoms with Crippen LogP contribution in [0.2, 0.25) is 0 Å². The normalized spacial score (nSPS) is 22.2. The zero-order valence-corrected chi connectivity index (χ0v) is 10.7. The highest BCUT2D eigenvalue weighted by Gasteiger charge is 2.26. The van der Waals surface area contributed by atoms with Crippen molar-refractivity contribution < 1.29 is 4.74 Å². The van der Waals surface area contributed by atoms with Gasteiger partial charge in [-0.3, -0.25) is 0 Å².